The predicted molar refractivity (Wildman–Crippen MR) is 70.3 cm³/mol. The number of amides is 1. The molecule has 0 spiro atoms. The van der Waals surface area contributed by atoms with Crippen LogP contribution in [0.25, 0.3) is 0 Å². The van der Waals surface area contributed by atoms with Crippen molar-refractivity contribution in [1.82, 2.24) is 5.32 Å². The minimum absolute atomic E-state index is 0.0214. The van der Waals surface area contributed by atoms with Gasteiger partial charge in [-0.15, -0.1) is 0 Å². The third-order valence-corrected chi connectivity index (χ3v) is 4.09. The van der Waals surface area contributed by atoms with Crippen LogP contribution in [0.4, 0.5) is 0 Å². The molecular weight excluding hydrogens is 230 g/mol. The van der Waals surface area contributed by atoms with Crippen LogP contribution in [0.1, 0.15) is 52.4 Å². The maximum atomic E-state index is 12.2. The second-order valence-electron chi connectivity index (χ2n) is 5.08. The number of unbranched alkanes of at least 4 members (excludes halogenated alkanes) is 1. The van der Waals surface area contributed by atoms with Gasteiger partial charge >= 0.3 is 0 Å². The van der Waals surface area contributed by atoms with Gasteiger partial charge in [-0.1, -0.05) is 13.8 Å². The largest absolute Gasteiger partial charge is 0.385 e. The second-order valence-corrected chi connectivity index (χ2v) is 5.08. The maximum Gasteiger partial charge on any atom is 0.233 e. The van der Waals surface area contributed by atoms with Crippen molar-refractivity contribution in [3.63, 3.8) is 0 Å². The van der Waals surface area contributed by atoms with Gasteiger partial charge in [-0.25, -0.2) is 0 Å². The second kappa shape index (κ2) is 6.88. The van der Waals surface area contributed by atoms with Crippen molar-refractivity contribution in [2.45, 2.75) is 58.4 Å². The molecule has 1 N–H and O–H groups in total. The topological polar surface area (TPSA) is 55.4 Å². The van der Waals surface area contributed by atoms with E-state index in [1.54, 1.807) is 7.11 Å². The number of hydrogen-bond donors (Lipinski definition) is 1. The van der Waals surface area contributed by atoms with E-state index in [0.29, 0.717) is 19.3 Å². The maximum absolute atomic E-state index is 12.2. The van der Waals surface area contributed by atoms with E-state index < -0.39 is 5.41 Å². The zero-order valence-electron chi connectivity index (χ0n) is 11.8. The molecule has 1 fully saturated rings. The van der Waals surface area contributed by atoms with Gasteiger partial charge in [0.2, 0.25) is 5.91 Å². The zero-order valence-corrected chi connectivity index (χ0v) is 11.8. The molecular formula is C14H25NO3. The first kappa shape index (κ1) is 15.2. The first-order valence-corrected chi connectivity index (χ1v) is 6.94. The molecule has 1 heterocycles. The Bertz CT molecular complexity index is 277. The fourth-order valence-corrected chi connectivity index (χ4v) is 2.70. The fourth-order valence-electron chi connectivity index (χ4n) is 2.70. The van der Waals surface area contributed by atoms with Gasteiger partial charge in [-0.2, -0.15) is 0 Å². The average molecular weight is 255 g/mol. The Kier molecular flexibility index (Phi) is 5.79. The third-order valence-electron chi connectivity index (χ3n) is 4.09. The van der Waals surface area contributed by atoms with Crippen LogP contribution < -0.4 is 5.32 Å². The summed E-state index contributed by atoms with van der Waals surface area (Å²) in [6, 6.07) is 0.0214. The lowest BCUT2D eigenvalue weighted by molar-refractivity contribution is -0.147. The predicted octanol–water partition coefficient (Wildman–Crippen LogP) is 2.07. The summed E-state index contributed by atoms with van der Waals surface area (Å²) in [4.78, 5) is 24.3. The summed E-state index contributed by atoms with van der Waals surface area (Å²) in [5, 5.41) is 3.02. The highest BCUT2D eigenvalue weighted by Crippen LogP contribution is 2.33. The lowest BCUT2D eigenvalue weighted by Gasteiger charge is -2.37. The number of nitrogens with one attached hydrogen (secondary N) is 1. The summed E-state index contributed by atoms with van der Waals surface area (Å²) >= 11 is 0. The van der Waals surface area contributed by atoms with Crippen LogP contribution in [0.3, 0.4) is 0 Å². The highest BCUT2D eigenvalue weighted by Gasteiger charge is 2.46. The summed E-state index contributed by atoms with van der Waals surface area (Å²) in [7, 11) is 1.68. The zero-order chi connectivity index (χ0) is 13.6. The van der Waals surface area contributed by atoms with Crippen molar-refractivity contribution < 1.29 is 14.3 Å². The molecule has 4 nitrogen and oxygen atoms in total. The van der Waals surface area contributed by atoms with Gasteiger partial charge in [0.25, 0.3) is 0 Å². The SMILES string of the molecule is CCC1(CC)C(=O)CC(CCCCOC)NC1=O. The van der Waals surface area contributed by atoms with Crippen LogP contribution in [0, 0.1) is 5.41 Å². The van der Waals surface area contributed by atoms with Gasteiger partial charge in [-0.3, -0.25) is 9.59 Å². The van der Waals surface area contributed by atoms with Crippen LogP contribution in [-0.4, -0.2) is 31.4 Å². The van der Waals surface area contributed by atoms with E-state index in [9.17, 15) is 9.59 Å². The Morgan fingerprint density at radius 1 is 1.28 bits per heavy atom. The minimum Gasteiger partial charge on any atom is -0.385 e. The van der Waals surface area contributed by atoms with E-state index >= 15 is 0 Å². The quantitative estimate of drug-likeness (QED) is 0.559. The molecule has 1 amide bonds. The molecule has 0 aromatic heterocycles. The van der Waals surface area contributed by atoms with Crippen LogP contribution >= 0.6 is 0 Å². The average Bonchev–Trinajstić information content (AvgIpc) is 2.36. The summed E-state index contributed by atoms with van der Waals surface area (Å²) in [6.45, 7) is 4.57. The highest BCUT2D eigenvalue weighted by atomic mass is 16.5. The van der Waals surface area contributed by atoms with Gasteiger partial charge in [0.15, 0.2) is 0 Å². The van der Waals surface area contributed by atoms with Crippen molar-refractivity contribution in [3.8, 4) is 0 Å². The van der Waals surface area contributed by atoms with E-state index in [0.717, 1.165) is 25.9 Å². The third kappa shape index (κ3) is 3.10. The number of rotatable bonds is 7. The molecule has 0 aromatic carbocycles. The Morgan fingerprint density at radius 3 is 2.44 bits per heavy atom. The van der Waals surface area contributed by atoms with Crippen molar-refractivity contribution in [3.05, 3.63) is 0 Å². The molecule has 0 bridgehead atoms. The molecule has 0 aromatic rings. The van der Waals surface area contributed by atoms with Crippen LogP contribution in [0.2, 0.25) is 0 Å². The lowest BCUT2D eigenvalue weighted by Crippen LogP contribution is -2.55. The molecule has 4 heteroatoms. The van der Waals surface area contributed by atoms with Crippen LogP contribution in [-0.2, 0) is 14.3 Å². The molecule has 0 radical (unpaired) electrons. The molecule has 104 valence electrons. The Morgan fingerprint density at radius 2 is 1.94 bits per heavy atom. The number of piperidine rings is 1. The summed E-state index contributed by atoms with van der Waals surface area (Å²) in [5.74, 6) is 0.0495. The number of ketones is 1. The van der Waals surface area contributed by atoms with E-state index in [1.807, 2.05) is 13.8 Å². The number of methoxy groups -OCH3 is 1. The summed E-state index contributed by atoms with van der Waals surface area (Å²) in [5.41, 5.74) is -0.761. The Hall–Kier alpha value is -0.900. The number of hydrogen-bond acceptors (Lipinski definition) is 3. The number of carbonyl (C=O) groups excluding carboxylic acids is 2. The Labute approximate surface area is 109 Å². The number of carbonyl (C=O) groups is 2. The van der Waals surface area contributed by atoms with Crippen molar-refractivity contribution in [1.29, 1.82) is 0 Å². The van der Waals surface area contributed by atoms with E-state index in [-0.39, 0.29) is 17.7 Å². The van der Waals surface area contributed by atoms with Gasteiger partial charge < -0.3 is 10.1 Å². The van der Waals surface area contributed by atoms with Crippen LogP contribution in [0.5, 0.6) is 0 Å². The van der Waals surface area contributed by atoms with Crippen molar-refractivity contribution >= 4 is 11.7 Å². The molecule has 1 atom stereocenters. The molecule has 1 rings (SSSR count). The molecule has 1 unspecified atom stereocenters. The molecule has 1 saturated heterocycles. The molecule has 1 aliphatic rings. The van der Waals surface area contributed by atoms with Crippen LogP contribution in [0.15, 0.2) is 0 Å². The van der Waals surface area contributed by atoms with Gasteiger partial charge in [-0.05, 0) is 32.1 Å². The first-order valence-electron chi connectivity index (χ1n) is 6.94. The fraction of sp³-hybridized carbons (Fsp3) is 0.857. The van der Waals surface area contributed by atoms with Gasteiger partial charge in [0, 0.05) is 26.2 Å². The minimum atomic E-state index is -0.761. The van der Waals surface area contributed by atoms with Gasteiger partial charge in [0.05, 0.1) is 0 Å². The first-order chi connectivity index (χ1) is 8.60. The van der Waals surface area contributed by atoms with E-state index in [4.69, 9.17) is 4.74 Å². The smallest absolute Gasteiger partial charge is 0.233 e. The van der Waals surface area contributed by atoms with E-state index in [2.05, 4.69) is 5.32 Å². The number of ether oxygens (including phenoxy) is 1. The van der Waals surface area contributed by atoms with Gasteiger partial charge in [0.1, 0.15) is 11.2 Å². The van der Waals surface area contributed by atoms with E-state index in [1.165, 1.54) is 0 Å². The van der Waals surface area contributed by atoms with Crippen molar-refractivity contribution in [2.75, 3.05) is 13.7 Å². The molecule has 1 aliphatic heterocycles. The molecule has 0 saturated carbocycles. The summed E-state index contributed by atoms with van der Waals surface area (Å²) < 4.78 is 4.99. The summed E-state index contributed by atoms with van der Waals surface area (Å²) in [6.07, 6.45) is 4.51. The standard InChI is InChI=1S/C14H25NO3/c1-4-14(5-2)12(16)10-11(15-13(14)17)8-6-7-9-18-3/h11H,4-10H2,1-3H3,(H,15,17). The highest BCUT2D eigenvalue weighted by molar-refractivity contribution is 6.08. The number of Topliss-reactive ketones (excluding diaryl/α,β-unsaturated/α-hetero) is 1. The molecule has 0 aliphatic carbocycles. The lowest BCUT2D eigenvalue weighted by atomic mass is 9.72. The normalized spacial score (nSPS) is 22.9. The molecule has 18 heavy (non-hydrogen) atoms. The Balaban J connectivity index is 2.51. The monoisotopic (exact) mass is 255 g/mol. The van der Waals surface area contributed by atoms with Crippen molar-refractivity contribution in [2.24, 2.45) is 5.41 Å².